The molecule has 0 spiro atoms. The Labute approximate surface area is 121 Å². The van der Waals surface area contributed by atoms with Gasteiger partial charge in [-0.05, 0) is 19.2 Å². The quantitative estimate of drug-likeness (QED) is 0.896. The van der Waals surface area contributed by atoms with E-state index in [1.165, 1.54) is 0 Å². The predicted octanol–water partition coefficient (Wildman–Crippen LogP) is 1.24. The Balaban J connectivity index is 2.14. The van der Waals surface area contributed by atoms with Crippen LogP contribution in [0.4, 0.5) is 5.69 Å². The highest BCUT2D eigenvalue weighted by molar-refractivity contribution is 5.92. The molecular formula is C15H16N2O4. The topological polar surface area (TPSA) is 74.0 Å². The average molecular weight is 288 g/mol. The lowest BCUT2D eigenvalue weighted by Crippen LogP contribution is -2.44. The van der Waals surface area contributed by atoms with Crippen LogP contribution in [0.15, 0.2) is 33.5 Å². The number of likely N-dealkylation sites (N-methyl/N-ethyl adjacent to an activating group) is 1. The summed E-state index contributed by atoms with van der Waals surface area (Å²) in [5.41, 5.74) is 0.803. The van der Waals surface area contributed by atoms with Gasteiger partial charge in [0.2, 0.25) is 5.76 Å². The van der Waals surface area contributed by atoms with Gasteiger partial charge in [-0.3, -0.25) is 4.79 Å². The maximum Gasteiger partial charge on any atom is 0.371 e. The Morgan fingerprint density at radius 3 is 2.62 bits per heavy atom. The summed E-state index contributed by atoms with van der Waals surface area (Å²) in [6.45, 7) is 3.46. The normalized spacial score (nSPS) is 16.3. The maximum absolute atomic E-state index is 12.0. The second kappa shape index (κ2) is 5.21. The second-order valence-corrected chi connectivity index (χ2v) is 5.22. The molecule has 1 N–H and O–H groups in total. The van der Waals surface area contributed by atoms with Gasteiger partial charge in [-0.25, -0.2) is 4.79 Å². The van der Waals surface area contributed by atoms with E-state index in [9.17, 15) is 9.59 Å². The number of anilines is 1. The lowest BCUT2D eigenvalue weighted by Gasteiger charge is -2.34. The predicted molar refractivity (Wildman–Crippen MR) is 79.2 cm³/mol. The molecule has 0 bridgehead atoms. The van der Waals surface area contributed by atoms with Crippen molar-refractivity contribution in [1.82, 2.24) is 4.90 Å². The minimum atomic E-state index is -1.23. The lowest BCUT2D eigenvalue weighted by molar-refractivity contribution is 0.0663. The summed E-state index contributed by atoms with van der Waals surface area (Å²) in [5.74, 6) is -1.56. The van der Waals surface area contributed by atoms with Crippen LogP contribution in [0, 0.1) is 0 Å². The highest BCUT2D eigenvalue weighted by Crippen LogP contribution is 2.26. The summed E-state index contributed by atoms with van der Waals surface area (Å²) in [6, 6.07) is 6.35. The Morgan fingerprint density at radius 1 is 1.24 bits per heavy atom. The van der Waals surface area contributed by atoms with E-state index < -0.39 is 5.97 Å². The van der Waals surface area contributed by atoms with Gasteiger partial charge in [-0.15, -0.1) is 0 Å². The van der Waals surface area contributed by atoms with Gasteiger partial charge in [0.25, 0.3) is 0 Å². The van der Waals surface area contributed by atoms with E-state index in [-0.39, 0.29) is 11.2 Å². The van der Waals surface area contributed by atoms with Crippen LogP contribution < -0.4 is 10.3 Å². The van der Waals surface area contributed by atoms with Crippen molar-refractivity contribution in [2.45, 2.75) is 0 Å². The molecule has 1 fully saturated rings. The molecule has 1 aliphatic heterocycles. The highest BCUT2D eigenvalue weighted by atomic mass is 16.4. The zero-order valence-electron chi connectivity index (χ0n) is 11.7. The Morgan fingerprint density at radius 2 is 1.95 bits per heavy atom. The first-order valence-electron chi connectivity index (χ1n) is 6.80. The molecule has 0 aliphatic carbocycles. The molecule has 0 radical (unpaired) electrons. The van der Waals surface area contributed by atoms with Crippen molar-refractivity contribution in [2.24, 2.45) is 0 Å². The van der Waals surface area contributed by atoms with Crippen molar-refractivity contribution in [3.05, 3.63) is 40.2 Å². The van der Waals surface area contributed by atoms with Gasteiger partial charge in [0.1, 0.15) is 0 Å². The number of carboxylic acid groups (broad SMARTS) is 1. The van der Waals surface area contributed by atoms with Crippen LogP contribution in [0.3, 0.4) is 0 Å². The van der Waals surface area contributed by atoms with E-state index in [1.54, 1.807) is 12.1 Å². The van der Waals surface area contributed by atoms with Crippen LogP contribution in [-0.2, 0) is 0 Å². The summed E-state index contributed by atoms with van der Waals surface area (Å²) < 4.78 is 5.46. The highest BCUT2D eigenvalue weighted by Gasteiger charge is 2.19. The second-order valence-electron chi connectivity index (χ2n) is 5.22. The largest absolute Gasteiger partial charge is 0.475 e. The molecule has 0 unspecified atom stereocenters. The van der Waals surface area contributed by atoms with Gasteiger partial charge in [0, 0.05) is 32.2 Å². The fraction of sp³-hybridized carbons (Fsp3) is 0.333. The summed E-state index contributed by atoms with van der Waals surface area (Å²) >= 11 is 0. The van der Waals surface area contributed by atoms with E-state index in [0.717, 1.165) is 37.9 Å². The van der Waals surface area contributed by atoms with Crippen LogP contribution in [0.5, 0.6) is 0 Å². The van der Waals surface area contributed by atoms with Gasteiger partial charge in [-0.1, -0.05) is 6.07 Å². The smallest absolute Gasteiger partial charge is 0.371 e. The van der Waals surface area contributed by atoms with Crippen molar-refractivity contribution < 1.29 is 14.3 Å². The third-order valence-corrected chi connectivity index (χ3v) is 3.79. The zero-order chi connectivity index (χ0) is 15.0. The summed E-state index contributed by atoms with van der Waals surface area (Å²) in [4.78, 5) is 27.5. The molecule has 1 saturated heterocycles. The number of benzene rings is 1. The number of hydrogen-bond acceptors (Lipinski definition) is 5. The van der Waals surface area contributed by atoms with Crippen LogP contribution in [0.1, 0.15) is 10.6 Å². The molecule has 1 aromatic carbocycles. The van der Waals surface area contributed by atoms with Crippen molar-refractivity contribution >= 4 is 22.6 Å². The van der Waals surface area contributed by atoms with E-state index in [4.69, 9.17) is 9.52 Å². The number of hydrogen-bond donors (Lipinski definition) is 1. The molecule has 0 saturated carbocycles. The zero-order valence-corrected chi connectivity index (χ0v) is 11.7. The average Bonchev–Trinajstić information content (AvgIpc) is 2.47. The molecule has 6 heteroatoms. The van der Waals surface area contributed by atoms with Crippen LogP contribution in [0.2, 0.25) is 0 Å². The van der Waals surface area contributed by atoms with Crippen molar-refractivity contribution in [3.63, 3.8) is 0 Å². The monoisotopic (exact) mass is 288 g/mol. The number of carbonyl (C=O) groups is 1. The number of para-hydroxylation sites is 1. The van der Waals surface area contributed by atoms with Crippen molar-refractivity contribution in [1.29, 1.82) is 0 Å². The molecule has 21 heavy (non-hydrogen) atoms. The molecule has 3 rings (SSSR count). The molecule has 2 heterocycles. The van der Waals surface area contributed by atoms with E-state index in [0.29, 0.717) is 11.0 Å². The Bertz CT molecular complexity index is 745. The number of nitrogens with zero attached hydrogens (tertiary/aromatic N) is 2. The van der Waals surface area contributed by atoms with Gasteiger partial charge >= 0.3 is 5.97 Å². The SMILES string of the molecule is CN1CCN(c2cccc3c(=O)cc(C(=O)O)oc23)CC1. The first-order valence-corrected chi connectivity index (χ1v) is 6.80. The minimum Gasteiger partial charge on any atom is -0.475 e. The fourth-order valence-electron chi connectivity index (χ4n) is 2.56. The Kier molecular flexibility index (Phi) is 3.39. The van der Waals surface area contributed by atoms with Gasteiger partial charge in [0.05, 0.1) is 11.1 Å². The number of aromatic carboxylic acids is 1. The van der Waals surface area contributed by atoms with Crippen LogP contribution in [-0.4, -0.2) is 49.2 Å². The molecule has 1 aromatic heterocycles. The maximum atomic E-state index is 12.0. The first kappa shape index (κ1) is 13.6. The van der Waals surface area contributed by atoms with Gasteiger partial charge < -0.3 is 19.3 Å². The Hall–Kier alpha value is -2.34. The molecular weight excluding hydrogens is 272 g/mol. The summed E-state index contributed by atoms with van der Waals surface area (Å²) in [7, 11) is 2.06. The minimum absolute atomic E-state index is 0.325. The summed E-state index contributed by atoms with van der Waals surface area (Å²) in [6.07, 6.45) is 0. The number of piperazine rings is 1. The van der Waals surface area contributed by atoms with E-state index in [2.05, 4.69) is 16.8 Å². The molecule has 110 valence electrons. The van der Waals surface area contributed by atoms with E-state index >= 15 is 0 Å². The summed E-state index contributed by atoms with van der Waals surface area (Å²) in [5, 5.41) is 9.47. The molecule has 1 aliphatic rings. The van der Waals surface area contributed by atoms with Gasteiger partial charge in [0.15, 0.2) is 11.0 Å². The molecule has 2 aromatic rings. The third-order valence-electron chi connectivity index (χ3n) is 3.79. The van der Waals surface area contributed by atoms with Gasteiger partial charge in [-0.2, -0.15) is 0 Å². The number of fused-ring (bicyclic) bond motifs is 1. The fourth-order valence-corrected chi connectivity index (χ4v) is 2.56. The third kappa shape index (κ3) is 2.50. The lowest BCUT2D eigenvalue weighted by atomic mass is 10.1. The van der Waals surface area contributed by atoms with Crippen LogP contribution in [0.25, 0.3) is 11.0 Å². The molecule has 6 nitrogen and oxygen atoms in total. The van der Waals surface area contributed by atoms with Crippen LogP contribution >= 0.6 is 0 Å². The standard InChI is InChI=1S/C15H16N2O4/c1-16-5-7-17(8-6-16)11-4-2-3-10-12(18)9-13(15(19)20)21-14(10)11/h2-4,9H,5-8H2,1H3,(H,19,20). The van der Waals surface area contributed by atoms with Crippen molar-refractivity contribution in [3.8, 4) is 0 Å². The van der Waals surface area contributed by atoms with E-state index in [1.807, 2.05) is 6.07 Å². The molecule has 0 amide bonds. The van der Waals surface area contributed by atoms with Crippen molar-refractivity contribution in [2.75, 3.05) is 38.1 Å². The number of rotatable bonds is 2. The number of carboxylic acids is 1. The molecule has 0 atom stereocenters. The first-order chi connectivity index (χ1) is 10.1.